The second-order valence-electron chi connectivity index (χ2n) is 3.25. The van der Waals surface area contributed by atoms with E-state index in [0.29, 0.717) is 12.5 Å². The molecule has 0 aromatic carbocycles. The van der Waals surface area contributed by atoms with Gasteiger partial charge in [0.1, 0.15) is 6.61 Å². The molecule has 3 heterocycles. The predicted molar refractivity (Wildman–Crippen MR) is 45.2 cm³/mol. The Hall–Kier alpha value is -0.710. The molecule has 0 N–H and O–H groups in total. The Labute approximate surface area is 73.9 Å². The van der Waals surface area contributed by atoms with Gasteiger partial charge in [-0.3, -0.25) is 4.79 Å². The van der Waals surface area contributed by atoms with E-state index in [9.17, 15) is 4.79 Å². The lowest BCUT2D eigenvalue weighted by Crippen LogP contribution is -2.30. The summed E-state index contributed by atoms with van der Waals surface area (Å²) in [6, 6.07) is 0.245. The molecule has 3 aliphatic heterocycles. The highest BCUT2D eigenvalue weighted by Gasteiger charge is 2.47. The normalized spacial score (nSPS) is 37.8. The molecule has 0 aliphatic carbocycles. The highest BCUT2D eigenvalue weighted by Crippen LogP contribution is 2.35. The van der Waals surface area contributed by atoms with Gasteiger partial charge in [-0.1, -0.05) is 16.9 Å². The summed E-state index contributed by atoms with van der Waals surface area (Å²) >= 11 is 1.39. The van der Waals surface area contributed by atoms with Crippen molar-refractivity contribution in [2.24, 2.45) is 11.1 Å². The number of fused-ring (bicyclic) bond motifs is 3. The van der Waals surface area contributed by atoms with E-state index in [4.69, 9.17) is 4.84 Å². The molecule has 3 rings (SSSR count). The lowest BCUT2D eigenvalue weighted by molar-refractivity contribution is 0.143. The standard InChI is InChI=1S/C7H8N2O2S/c10-7-9-1-4-2-11-8-6(4)5(9)3-12-7/h4-5H,1-3H2. The van der Waals surface area contributed by atoms with Crippen LogP contribution >= 0.6 is 11.8 Å². The maximum atomic E-state index is 11.3. The molecule has 12 heavy (non-hydrogen) atoms. The predicted octanol–water partition coefficient (Wildman–Crippen LogP) is 0.540. The first kappa shape index (κ1) is 6.77. The second kappa shape index (κ2) is 2.16. The molecule has 0 aromatic heterocycles. The average Bonchev–Trinajstić information content (AvgIpc) is 2.63. The molecule has 0 saturated carbocycles. The number of carbonyl (C=O) groups excluding carboxylic acids is 1. The first-order valence-corrected chi connectivity index (χ1v) is 4.98. The number of thioether (sulfide) groups is 1. The molecular weight excluding hydrogens is 176 g/mol. The lowest BCUT2D eigenvalue weighted by Gasteiger charge is -2.12. The minimum absolute atomic E-state index is 0.206. The van der Waals surface area contributed by atoms with Crippen molar-refractivity contribution in [1.82, 2.24) is 4.90 Å². The lowest BCUT2D eigenvalue weighted by atomic mass is 10.1. The van der Waals surface area contributed by atoms with Crippen molar-refractivity contribution in [3.63, 3.8) is 0 Å². The van der Waals surface area contributed by atoms with Crippen molar-refractivity contribution in [3.05, 3.63) is 0 Å². The molecule has 0 bridgehead atoms. The number of rotatable bonds is 0. The molecule has 2 saturated heterocycles. The summed E-state index contributed by atoms with van der Waals surface area (Å²) in [6.07, 6.45) is 0. The zero-order valence-electron chi connectivity index (χ0n) is 6.40. The molecule has 2 fully saturated rings. The van der Waals surface area contributed by atoms with Crippen LogP contribution in [0, 0.1) is 5.92 Å². The van der Waals surface area contributed by atoms with Gasteiger partial charge in [-0.15, -0.1) is 0 Å². The Morgan fingerprint density at radius 1 is 1.67 bits per heavy atom. The van der Waals surface area contributed by atoms with Crippen molar-refractivity contribution in [1.29, 1.82) is 0 Å². The van der Waals surface area contributed by atoms with Gasteiger partial charge in [-0.2, -0.15) is 0 Å². The average molecular weight is 184 g/mol. The minimum Gasteiger partial charge on any atom is -0.395 e. The summed E-state index contributed by atoms with van der Waals surface area (Å²) in [7, 11) is 0. The van der Waals surface area contributed by atoms with Gasteiger partial charge in [0, 0.05) is 12.3 Å². The molecular formula is C7H8N2O2S. The number of oxime groups is 1. The van der Waals surface area contributed by atoms with Crippen LogP contribution in [-0.4, -0.2) is 40.8 Å². The number of nitrogens with zero attached hydrogens (tertiary/aromatic N) is 2. The van der Waals surface area contributed by atoms with Crippen LogP contribution in [0.3, 0.4) is 0 Å². The summed E-state index contributed by atoms with van der Waals surface area (Å²) in [4.78, 5) is 18.2. The highest BCUT2D eigenvalue weighted by molar-refractivity contribution is 8.13. The van der Waals surface area contributed by atoms with Crippen LogP contribution in [-0.2, 0) is 4.84 Å². The zero-order chi connectivity index (χ0) is 8.13. The second-order valence-corrected chi connectivity index (χ2v) is 4.23. The minimum atomic E-state index is 0.206. The molecule has 1 amide bonds. The zero-order valence-corrected chi connectivity index (χ0v) is 7.21. The summed E-state index contributed by atoms with van der Waals surface area (Å²) in [5.74, 6) is 1.25. The van der Waals surface area contributed by atoms with E-state index in [2.05, 4.69) is 5.16 Å². The first-order valence-electron chi connectivity index (χ1n) is 3.99. The third-order valence-corrected chi connectivity index (χ3v) is 3.56. The smallest absolute Gasteiger partial charge is 0.282 e. The van der Waals surface area contributed by atoms with Gasteiger partial charge in [-0.05, 0) is 0 Å². The molecule has 2 atom stereocenters. The van der Waals surface area contributed by atoms with Crippen LogP contribution in [0.15, 0.2) is 5.16 Å². The molecule has 0 spiro atoms. The Balaban J connectivity index is 1.96. The third-order valence-electron chi connectivity index (χ3n) is 2.60. The van der Waals surface area contributed by atoms with Gasteiger partial charge in [0.25, 0.3) is 5.24 Å². The largest absolute Gasteiger partial charge is 0.395 e. The van der Waals surface area contributed by atoms with Crippen LogP contribution in [0.5, 0.6) is 0 Å². The van der Waals surface area contributed by atoms with Crippen LogP contribution < -0.4 is 0 Å². The summed E-state index contributed by atoms with van der Waals surface area (Å²) < 4.78 is 0. The van der Waals surface area contributed by atoms with Crippen molar-refractivity contribution in [2.75, 3.05) is 18.9 Å². The van der Waals surface area contributed by atoms with E-state index in [0.717, 1.165) is 18.0 Å². The summed E-state index contributed by atoms with van der Waals surface area (Å²) in [6.45, 7) is 1.48. The van der Waals surface area contributed by atoms with Gasteiger partial charge in [-0.25, -0.2) is 0 Å². The molecule has 0 aromatic rings. The molecule has 5 heteroatoms. The van der Waals surface area contributed by atoms with Crippen molar-refractivity contribution in [2.45, 2.75) is 6.04 Å². The number of amides is 1. The van der Waals surface area contributed by atoms with Gasteiger partial charge < -0.3 is 9.74 Å². The van der Waals surface area contributed by atoms with E-state index in [-0.39, 0.29) is 11.3 Å². The van der Waals surface area contributed by atoms with E-state index in [1.807, 2.05) is 4.90 Å². The van der Waals surface area contributed by atoms with Crippen LogP contribution in [0.2, 0.25) is 0 Å². The van der Waals surface area contributed by atoms with Crippen LogP contribution in [0.25, 0.3) is 0 Å². The van der Waals surface area contributed by atoms with Gasteiger partial charge in [0.15, 0.2) is 0 Å². The van der Waals surface area contributed by atoms with Crippen molar-refractivity contribution >= 4 is 22.7 Å². The van der Waals surface area contributed by atoms with Gasteiger partial charge in [0.05, 0.1) is 17.7 Å². The van der Waals surface area contributed by atoms with Crippen LogP contribution in [0.1, 0.15) is 0 Å². The Morgan fingerprint density at radius 2 is 2.58 bits per heavy atom. The van der Waals surface area contributed by atoms with E-state index in [1.54, 1.807) is 0 Å². The Morgan fingerprint density at radius 3 is 3.50 bits per heavy atom. The highest BCUT2D eigenvalue weighted by atomic mass is 32.2. The third kappa shape index (κ3) is 0.696. The fraction of sp³-hybridized carbons (Fsp3) is 0.714. The quantitative estimate of drug-likeness (QED) is 0.551. The Kier molecular flexibility index (Phi) is 1.22. The maximum Gasteiger partial charge on any atom is 0.282 e. The molecule has 64 valence electrons. The maximum absolute atomic E-state index is 11.3. The van der Waals surface area contributed by atoms with E-state index in [1.165, 1.54) is 11.8 Å². The Bertz CT molecular complexity index is 279. The SMILES string of the molecule is O=C1SCC2C3=NOCC3CN12. The van der Waals surface area contributed by atoms with Crippen molar-refractivity contribution in [3.8, 4) is 0 Å². The van der Waals surface area contributed by atoms with Crippen molar-refractivity contribution < 1.29 is 9.63 Å². The van der Waals surface area contributed by atoms with Crippen LogP contribution in [0.4, 0.5) is 4.79 Å². The number of hydrogen-bond donors (Lipinski definition) is 0. The molecule has 2 unspecified atom stereocenters. The summed E-state index contributed by atoms with van der Waals surface area (Å²) in [5, 5.41) is 4.19. The number of carbonyl (C=O) groups is 1. The fourth-order valence-electron chi connectivity index (χ4n) is 1.98. The fourth-order valence-corrected chi connectivity index (χ4v) is 2.99. The topological polar surface area (TPSA) is 41.9 Å². The summed E-state index contributed by atoms with van der Waals surface area (Å²) in [5.41, 5.74) is 1.09. The number of hydrogen-bond acceptors (Lipinski definition) is 4. The van der Waals surface area contributed by atoms with Gasteiger partial charge >= 0.3 is 0 Å². The van der Waals surface area contributed by atoms with E-state index >= 15 is 0 Å². The van der Waals surface area contributed by atoms with E-state index < -0.39 is 0 Å². The molecule has 0 radical (unpaired) electrons. The molecule has 4 nitrogen and oxygen atoms in total. The molecule has 3 aliphatic rings. The van der Waals surface area contributed by atoms with Gasteiger partial charge in [0.2, 0.25) is 0 Å². The monoisotopic (exact) mass is 184 g/mol. The first-order chi connectivity index (χ1) is 5.86.